The number of unbranched alkanes of at least 4 members (excludes halogenated alkanes) is 34. The van der Waals surface area contributed by atoms with E-state index >= 15 is 0 Å². The van der Waals surface area contributed by atoms with Crippen molar-refractivity contribution in [3.05, 3.63) is 72.9 Å². The van der Waals surface area contributed by atoms with E-state index in [9.17, 15) is 14.4 Å². The Morgan fingerprint density at radius 1 is 0.288 bits per heavy atom. The molecule has 0 saturated heterocycles. The Balaban J connectivity index is 3.99. The van der Waals surface area contributed by atoms with E-state index in [1.54, 1.807) is 0 Å². The Morgan fingerprint density at radius 3 is 0.863 bits per heavy atom. The first kappa shape index (κ1) is 69.8. The molecular weight excluding hydrogens is 901 g/mol. The number of rotatable bonds is 57. The van der Waals surface area contributed by atoms with Crippen LogP contribution in [0.25, 0.3) is 0 Å². The Bertz CT molecular complexity index is 1360. The Morgan fingerprint density at radius 2 is 0.534 bits per heavy atom. The van der Waals surface area contributed by atoms with Crippen molar-refractivity contribution in [2.24, 2.45) is 0 Å². The van der Waals surface area contributed by atoms with Gasteiger partial charge in [-0.3, -0.25) is 14.4 Å². The van der Waals surface area contributed by atoms with Crippen molar-refractivity contribution < 1.29 is 28.6 Å². The molecule has 0 amide bonds. The quantitative estimate of drug-likeness (QED) is 0.0261. The van der Waals surface area contributed by atoms with Crippen LogP contribution in [0.15, 0.2) is 72.9 Å². The molecule has 6 nitrogen and oxygen atoms in total. The summed E-state index contributed by atoms with van der Waals surface area (Å²) in [7, 11) is 0. The second-order valence-corrected chi connectivity index (χ2v) is 20.9. The molecule has 1 atom stereocenters. The molecule has 0 N–H and O–H groups in total. The van der Waals surface area contributed by atoms with Crippen LogP contribution >= 0.6 is 0 Å². The highest BCUT2D eigenvalue weighted by Crippen LogP contribution is 2.17. The van der Waals surface area contributed by atoms with Crippen LogP contribution in [0, 0.1) is 0 Å². The molecule has 0 aromatic carbocycles. The molecule has 422 valence electrons. The van der Waals surface area contributed by atoms with Crippen LogP contribution in [0.2, 0.25) is 0 Å². The second kappa shape index (κ2) is 61.4. The first-order valence-corrected chi connectivity index (χ1v) is 31.4. The lowest BCUT2D eigenvalue weighted by Crippen LogP contribution is -2.30. The van der Waals surface area contributed by atoms with Gasteiger partial charge >= 0.3 is 17.9 Å². The maximum atomic E-state index is 12.8. The van der Waals surface area contributed by atoms with E-state index in [0.29, 0.717) is 19.3 Å². The van der Waals surface area contributed by atoms with Crippen molar-refractivity contribution in [2.45, 2.75) is 322 Å². The minimum absolute atomic E-state index is 0.0868. The Hall–Kier alpha value is -3.15. The highest BCUT2D eigenvalue weighted by molar-refractivity contribution is 5.71. The zero-order chi connectivity index (χ0) is 52.9. The van der Waals surface area contributed by atoms with Crippen molar-refractivity contribution in [3.8, 4) is 0 Å². The average molecular weight is 1020 g/mol. The molecule has 0 aliphatic carbocycles. The van der Waals surface area contributed by atoms with Crippen molar-refractivity contribution in [2.75, 3.05) is 13.2 Å². The number of allylic oxidation sites excluding steroid dienone is 12. The molecule has 0 aromatic heterocycles. The maximum absolute atomic E-state index is 12.8. The number of esters is 3. The lowest BCUT2D eigenvalue weighted by molar-refractivity contribution is -0.167. The molecule has 0 spiro atoms. The molecule has 0 aliphatic heterocycles. The van der Waals surface area contributed by atoms with Gasteiger partial charge in [-0.1, -0.05) is 280 Å². The van der Waals surface area contributed by atoms with Crippen molar-refractivity contribution >= 4 is 17.9 Å². The number of hydrogen-bond donors (Lipinski definition) is 0. The highest BCUT2D eigenvalue weighted by atomic mass is 16.6. The van der Waals surface area contributed by atoms with Gasteiger partial charge < -0.3 is 14.2 Å². The number of hydrogen-bond acceptors (Lipinski definition) is 6. The summed E-state index contributed by atoms with van der Waals surface area (Å²) in [4.78, 5) is 37.8. The molecule has 0 radical (unpaired) electrons. The summed E-state index contributed by atoms with van der Waals surface area (Å²) in [6.07, 6.45) is 79.8. The molecular formula is C67H118O6. The fourth-order valence-corrected chi connectivity index (χ4v) is 9.00. The van der Waals surface area contributed by atoms with Gasteiger partial charge in [0.15, 0.2) is 6.10 Å². The van der Waals surface area contributed by atoms with Gasteiger partial charge in [0.25, 0.3) is 0 Å². The predicted octanol–water partition coefficient (Wildman–Crippen LogP) is 21.3. The van der Waals surface area contributed by atoms with E-state index in [-0.39, 0.29) is 31.1 Å². The van der Waals surface area contributed by atoms with E-state index < -0.39 is 6.10 Å². The van der Waals surface area contributed by atoms with Crippen molar-refractivity contribution in [1.82, 2.24) is 0 Å². The highest BCUT2D eigenvalue weighted by Gasteiger charge is 2.19. The summed E-state index contributed by atoms with van der Waals surface area (Å²) >= 11 is 0. The standard InChI is InChI=1S/C67H118O6/c1-4-7-10-13-15-17-19-21-23-25-27-28-29-30-31-32-33-34-35-36-37-38-40-41-43-45-47-49-51-54-57-60-66(69)72-63-64(62-71-65(68)59-56-53-12-9-6-3)73-67(70)61-58-55-52-50-48-46-44-42-39-26-24-22-20-18-16-14-11-8-5-2/h8,11,16,18,22,24-25,27,39,42,46,48,64H,4-7,9-10,12-15,17,19-21,23,26,28-38,40-41,43-45,47,49-63H2,1-3H3/b11-8-,18-16-,24-22-,27-25-,42-39-,48-46-. The van der Waals surface area contributed by atoms with Crippen LogP contribution in [0.4, 0.5) is 0 Å². The van der Waals surface area contributed by atoms with Crippen LogP contribution in [0.3, 0.4) is 0 Å². The second-order valence-electron chi connectivity index (χ2n) is 20.9. The first-order chi connectivity index (χ1) is 36.0. The summed E-state index contributed by atoms with van der Waals surface area (Å²) in [6, 6.07) is 0. The Labute approximate surface area is 453 Å². The Kier molecular flexibility index (Phi) is 58.7. The summed E-state index contributed by atoms with van der Waals surface area (Å²) in [5.41, 5.74) is 0. The SMILES string of the molecule is CC/C=C\C/C=C\C/C=C\C/C=C\C/C=C\CCCCCC(=O)OC(COC(=O)CCCCCCC)COC(=O)CCCCCCCCCCCCCCCCCCCCC/C=C\CCCCCCCCCC. The molecule has 0 saturated carbocycles. The molecule has 0 heterocycles. The normalized spacial score (nSPS) is 12.5. The molecule has 6 heteroatoms. The predicted molar refractivity (Wildman–Crippen MR) is 316 cm³/mol. The van der Waals surface area contributed by atoms with Crippen LogP contribution in [-0.2, 0) is 28.6 Å². The van der Waals surface area contributed by atoms with Gasteiger partial charge in [0.1, 0.15) is 13.2 Å². The zero-order valence-corrected chi connectivity index (χ0v) is 48.4. The van der Waals surface area contributed by atoms with Gasteiger partial charge in [0.2, 0.25) is 0 Å². The smallest absolute Gasteiger partial charge is 0.306 e. The van der Waals surface area contributed by atoms with E-state index in [4.69, 9.17) is 14.2 Å². The van der Waals surface area contributed by atoms with Crippen LogP contribution in [0.1, 0.15) is 316 Å². The van der Waals surface area contributed by atoms with Gasteiger partial charge in [-0.2, -0.15) is 0 Å². The lowest BCUT2D eigenvalue weighted by Gasteiger charge is -2.18. The van der Waals surface area contributed by atoms with E-state index in [0.717, 1.165) is 103 Å². The van der Waals surface area contributed by atoms with Gasteiger partial charge in [-0.25, -0.2) is 0 Å². The third kappa shape index (κ3) is 59.6. The minimum Gasteiger partial charge on any atom is -0.462 e. The molecule has 0 fully saturated rings. The third-order valence-electron chi connectivity index (χ3n) is 13.7. The molecule has 0 aromatic rings. The number of ether oxygens (including phenoxy) is 3. The minimum atomic E-state index is -0.788. The monoisotopic (exact) mass is 1020 g/mol. The van der Waals surface area contributed by atoms with Crippen LogP contribution in [-0.4, -0.2) is 37.2 Å². The fourth-order valence-electron chi connectivity index (χ4n) is 9.00. The molecule has 0 rings (SSSR count). The fraction of sp³-hybridized carbons (Fsp3) is 0.776. The summed E-state index contributed by atoms with van der Waals surface area (Å²) in [5, 5.41) is 0. The maximum Gasteiger partial charge on any atom is 0.306 e. The van der Waals surface area contributed by atoms with E-state index in [2.05, 4.69) is 93.7 Å². The lowest BCUT2D eigenvalue weighted by atomic mass is 10.0. The topological polar surface area (TPSA) is 78.9 Å². The van der Waals surface area contributed by atoms with Crippen molar-refractivity contribution in [3.63, 3.8) is 0 Å². The number of carbonyl (C=O) groups excluding carboxylic acids is 3. The largest absolute Gasteiger partial charge is 0.462 e. The molecule has 0 bridgehead atoms. The van der Waals surface area contributed by atoms with Gasteiger partial charge in [-0.15, -0.1) is 0 Å². The summed E-state index contributed by atoms with van der Waals surface area (Å²) in [6.45, 7) is 6.44. The molecule has 73 heavy (non-hydrogen) atoms. The molecule has 1 unspecified atom stereocenters. The zero-order valence-electron chi connectivity index (χ0n) is 48.4. The van der Waals surface area contributed by atoms with Gasteiger partial charge in [0, 0.05) is 19.3 Å². The summed E-state index contributed by atoms with van der Waals surface area (Å²) < 4.78 is 16.7. The van der Waals surface area contributed by atoms with Crippen LogP contribution in [0.5, 0.6) is 0 Å². The summed E-state index contributed by atoms with van der Waals surface area (Å²) in [5.74, 6) is -0.924. The van der Waals surface area contributed by atoms with Gasteiger partial charge in [-0.05, 0) is 89.9 Å². The van der Waals surface area contributed by atoms with Gasteiger partial charge in [0.05, 0.1) is 0 Å². The van der Waals surface area contributed by atoms with E-state index in [1.807, 2.05) is 0 Å². The van der Waals surface area contributed by atoms with Crippen LogP contribution < -0.4 is 0 Å². The first-order valence-electron chi connectivity index (χ1n) is 31.4. The average Bonchev–Trinajstić information content (AvgIpc) is 3.39. The van der Waals surface area contributed by atoms with Crippen molar-refractivity contribution in [1.29, 1.82) is 0 Å². The number of carbonyl (C=O) groups is 3. The third-order valence-corrected chi connectivity index (χ3v) is 13.7. The molecule has 0 aliphatic rings. The van der Waals surface area contributed by atoms with E-state index in [1.165, 1.54) is 173 Å².